The Hall–Kier alpha value is -3.04. The molecule has 4 rings (SSSR count). The van der Waals surface area contributed by atoms with Crippen LogP contribution >= 0.6 is 22.7 Å². The summed E-state index contributed by atoms with van der Waals surface area (Å²) < 4.78 is 0. The minimum atomic E-state index is -0.689. The Bertz CT molecular complexity index is 998. The van der Waals surface area contributed by atoms with E-state index in [1.54, 1.807) is 11.3 Å². The van der Waals surface area contributed by atoms with Gasteiger partial charge in [0.1, 0.15) is 11.8 Å². The van der Waals surface area contributed by atoms with Crippen LogP contribution in [0.25, 0.3) is 10.6 Å². The Morgan fingerprint density at radius 1 is 1.15 bits per heavy atom. The van der Waals surface area contributed by atoms with Crippen LogP contribution in [-0.2, 0) is 9.59 Å². The molecule has 9 heteroatoms. The number of carbonyl (C=O) groups is 2. The number of anilines is 2. The average molecular weight is 397 g/mol. The Morgan fingerprint density at radius 2 is 1.96 bits per heavy atom. The van der Waals surface area contributed by atoms with E-state index in [4.69, 9.17) is 5.73 Å². The molecule has 27 heavy (non-hydrogen) atoms. The van der Waals surface area contributed by atoms with Crippen molar-refractivity contribution >= 4 is 51.0 Å². The van der Waals surface area contributed by atoms with Crippen LogP contribution < -0.4 is 16.1 Å². The van der Waals surface area contributed by atoms with Gasteiger partial charge in [-0.15, -0.1) is 22.7 Å². The highest BCUT2D eigenvalue weighted by Crippen LogP contribution is 2.29. The highest BCUT2D eigenvalue weighted by molar-refractivity contribution is 7.16. The van der Waals surface area contributed by atoms with Gasteiger partial charge in [0.15, 0.2) is 5.13 Å². The molecule has 7 nitrogen and oxygen atoms in total. The third-order valence-electron chi connectivity index (χ3n) is 4.02. The van der Waals surface area contributed by atoms with Crippen molar-refractivity contribution in [3.8, 4) is 10.6 Å². The highest BCUT2D eigenvalue weighted by Gasteiger charge is 2.35. The lowest BCUT2D eigenvalue weighted by atomic mass is 10.1. The summed E-state index contributed by atoms with van der Waals surface area (Å²) in [5.41, 5.74) is 7.27. The molecule has 2 amide bonds. The molecule has 2 aromatic heterocycles. The van der Waals surface area contributed by atoms with Gasteiger partial charge in [-0.3, -0.25) is 19.9 Å². The van der Waals surface area contributed by atoms with Crippen molar-refractivity contribution in [1.29, 1.82) is 0 Å². The standard InChI is InChI=1S/C18H15N5O2S2/c19-16(24)14-9-12(22-23(14)11-5-2-1-3-6-11)17(25)21-18-20-13(10-27-18)15-7-4-8-26-15/h1-8,10,14H,9H2,(H2,19,24)(H,20,21,25). The summed E-state index contributed by atoms with van der Waals surface area (Å²) in [6.45, 7) is 0. The van der Waals surface area contributed by atoms with E-state index in [2.05, 4.69) is 15.4 Å². The van der Waals surface area contributed by atoms with Gasteiger partial charge in [0.2, 0.25) is 5.91 Å². The molecule has 0 saturated carbocycles. The summed E-state index contributed by atoms with van der Waals surface area (Å²) in [6, 6.07) is 12.4. The number of nitrogens with one attached hydrogen (secondary N) is 1. The van der Waals surface area contributed by atoms with E-state index in [1.807, 2.05) is 53.2 Å². The van der Waals surface area contributed by atoms with Gasteiger partial charge in [0.05, 0.1) is 16.3 Å². The van der Waals surface area contributed by atoms with E-state index in [9.17, 15) is 9.59 Å². The maximum Gasteiger partial charge on any atom is 0.273 e. The van der Waals surface area contributed by atoms with Crippen molar-refractivity contribution < 1.29 is 9.59 Å². The number of carbonyl (C=O) groups excluding carboxylic acids is 2. The lowest BCUT2D eigenvalue weighted by Crippen LogP contribution is -2.39. The normalized spacial score (nSPS) is 16.2. The number of hydrazone groups is 1. The fraction of sp³-hybridized carbons (Fsp3) is 0.111. The second kappa shape index (κ2) is 7.29. The van der Waals surface area contributed by atoms with Gasteiger partial charge in [-0.05, 0) is 23.6 Å². The van der Waals surface area contributed by atoms with Crippen LogP contribution in [0.4, 0.5) is 10.8 Å². The predicted octanol–water partition coefficient (Wildman–Crippen LogP) is 2.93. The first-order valence-electron chi connectivity index (χ1n) is 8.13. The second-order valence-corrected chi connectivity index (χ2v) is 7.62. The fourth-order valence-corrected chi connectivity index (χ4v) is 4.19. The molecule has 0 saturated heterocycles. The number of nitrogens with two attached hydrogens (primary N) is 1. The number of rotatable bonds is 5. The number of thiophene rings is 1. The van der Waals surface area contributed by atoms with E-state index >= 15 is 0 Å². The Labute approximate surface area is 163 Å². The van der Waals surface area contributed by atoms with Crippen LogP contribution in [0.2, 0.25) is 0 Å². The van der Waals surface area contributed by atoms with Gasteiger partial charge < -0.3 is 5.73 Å². The molecular weight excluding hydrogens is 382 g/mol. The molecule has 1 aromatic carbocycles. The Balaban J connectivity index is 1.52. The third-order valence-corrected chi connectivity index (χ3v) is 5.67. The monoisotopic (exact) mass is 397 g/mol. The van der Waals surface area contributed by atoms with Gasteiger partial charge in [-0.25, -0.2) is 4.98 Å². The van der Waals surface area contributed by atoms with E-state index in [0.717, 1.165) is 10.6 Å². The third kappa shape index (κ3) is 3.60. The zero-order valence-electron chi connectivity index (χ0n) is 14.0. The lowest BCUT2D eigenvalue weighted by molar-refractivity contribution is -0.119. The smallest absolute Gasteiger partial charge is 0.273 e. The lowest BCUT2D eigenvalue weighted by Gasteiger charge is -2.20. The highest BCUT2D eigenvalue weighted by atomic mass is 32.1. The predicted molar refractivity (Wildman–Crippen MR) is 108 cm³/mol. The second-order valence-electron chi connectivity index (χ2n) is 5.82. The first-order chi connectivity index (χ1) is 13.1. The minimum absolute atomic E-state index is 0.152. The summed E-state index contributed by atoms with van der Waals surface area (Å²) in [5.74, 6) is -0.911. The van der Waals surface area contributed by atoms with E-state index in [1.165, 1.54) is 16.3 Å². The molecule has 1 aliphatic heterocycles. The molecule has 1 atom stereocenters. The molecule has 136 valence electrons. The first-order valence-corrected chi connectivity index (χ1v) is 9.89. The molecule has 0 radical (unpaired) electrons. The van der Waals surface area contributed by atoms with E-state index in [0.29, 0.717) is 10.8 Å². The van der Waals surface area contributed by atoms with Gasteiger partial charge in [-0.1, -0.05) is 24.3 Å². The summed E-state index contributed by atoms with van der Waals surface area (Å²) >= 11 is 2.93. The number of amides is 2. The van der Waals surface area contributed by atoms with Crippen molar-refractivity contribution in [2.24, 2.45) is 10.8 Å². The molecule has 0 spiro atoms. The maximum atomic E-state index is 12.6. The molecular formula is C18H15N5O2S2. The van der Waals surface area contributed by atoms with Crippen molar-refractivity contribution in [3.05, 3.63) is 53.2 Å². The number of hydrogen-bond donors (Lipinski definition) is 2. The first kappa shape index (κ1) is 17.4. The summed E-state index contributed by atoms with van der Waals surface area (Å²) in [7, 11) is 0. The van der Waals surface area contributed by atoms with Crippen LogP contribution in [0.1, 0.15) is 6.42 Å². The van der Waals surface area contributed by atoms with Crippen LogP contribution in [0, 0.1) is 0 Å². The van der Waals surface area contributed by atoms with Gasteiger partial charge in [-0.2, -0.15) is 5.10 Å². The number of benzene rings is 1. The van der Waals surface area contributed by atoms with Crippen LogP contribution in [0.15, 0.2) is 58.3 Å². The fourth-order valence-electron chi connectivity index (χ4n) is 2.73. The molecule has 1 aliphatic rings. The number of primary amides is 1. The number of hydrogen-bond acceptors (Lipinski definition) is 7. The number of para-hydroxylation sites is 1. The van der Waals surface area contributed by atoms with Crippen molar-refractivity contribution in [2.45, 2.75) is 12.5 Å². The number of thiazole rings is 1. The molecule has 3 heterocycles. The topological polar surface area (TPSA) is 101 Å². The van der Waals surface area contributed by atoms with Crippen LogP contribution in [0.5, 0.6) is 0 Å². The van der Waals surface area contributed by atoms with Crippen molar-refractivity contribution in [1.82, 2.24) is 4.98 Å². The van der Waals surface area contributed by atoms with Gasteiger partial charge >= 0.3 is 0 Å². The maximum absolute atomic E-state index is 12.6. The van der Waals surface area contributed by atoms with Crippen molar-refractivity contribution in [2.75, 3.05) is 10.3 Å². The van der Waals surface area contributed by atoms with Gasteiger partial charge in [0.25, 0.3) is 5.91 Å². The zero-order chi connectivity index (χ0) is 18.8. The molecule has 0 aliphatic carbocycles. The molecule has 0 fully saturated rings. The number of nitrogens with zero attached hydrogens (tertiary/aromatic N) is 3. The Morgan fingerprint density at radius 3 is 2.67 bits per heavy atom. The van der Waals surface area contributed by atoms with Crippen molar-refractivity contribution in [3.63, 3.8) is 0 Å². The minimum Gasteiger partial charge on any atom is -0.368 e. The molecule has 3 aromatic rings. The summed E-state index contributed by atoms with van der Waals surface area (Å²) in [5, 5.41) is 12.9. The largest absolute Gasteiger partial charge is 0.368 e. The van der Waals surface area contributed by atoms with Gasteiger partial charge in [0, 0.05) is 11.8 Å². The zero-order valence-corrected chi connectivity index (χ0v) is 15.7. The van der Waals surface area contributed by atoms with E-state index in [-0.39, 0.29) is 18.0 Å². The number of aromatic nitrogens is 1. The summed E-state index contributed by atoms with van der Waals surface area (Å²) in [6.07, 6.45) is 0.152. The molecule has 3 N–H and O–H groups in total. The molecule has 0 bridgehead atoms. The Kier molecular flexibility index (Phi) is 4.69. The van der Waals surface area contributed by atoms with Crippen LogP contribution in [0.3, 0.4) is 0 Å². The SMILES string of the molecule is NC(=O)C1CC(C(=O)Nc2nc(-c3cccs3)cs2)=NN1c1ccccc1. The molecule has 1 unspecified atom stereocenters. The quantitative estimate of drug-likeness (QED) is 0.691. The van der Waals surface area contributed by atoms with E-state index < -0.39 is 11.9 Å². The summed E-state index contributed by atoms with van der Waals surface area (Å²) in [4.78, 5) is 29.9. The van der Waals surface area contributed by atoms with Crippen LogP contribution in [-0.4, -0.2) is 28.6 Å². The average Bonchev–Trinajstić information content (AvgIpc) is 3.42.